The number of nitrogens with zero attached hydrogens (tertiary/aromatic N) is 2. The van der Waals surface area contributed by atoms with Gasteiger partial charge in [-0.3, -0.25) is 0 Å². The van der Waals surface area contributed by atoms with Crippen molar-refractivity contribution in [3.05, 3.63) is 29.8 Å². The fraction of sp³-hybridized carbons (Fsp3) is 0.467. The van der Waals surface area contributed by atoms with Gasteiger partial charge in [-0.1, -0.05) is 31.0 Å². The van der Waals surface area contributed by atoms with Crippen LogP contribution in [-0.2, 0) is 16.0 Å². The minimum Gasteiger partial charge on any atom is -0.211 e. The number of aliphatic imine (C=N–C) groups is 2. The van der Waals surface area contributed by atoms with Gasteiger partial charge in [-0.25, -0.2) is 14.6 Å². The van der Waals surface area contributed by atoms with E-state index in [0.29, 0.717) is 11.6 Å². The van der Waals surface area contributed by atoms with Crippen LogP contribution in [0.1, 0.15) is 31.2 Å². The molecule has 0 bridgehead atoms. The summed E-state index contributed by atoms with van der Waals surface area (Å²) in [6.07, 6.45) is 8.33. The van der Waals surface area contributed by atoms with Gasteiger partial charge in [0.25, 0.3) is 0 Å². The molecule has 1 aliphatic rings. The molecule has 1 fully saturated rings. The van der Waals surface area contributed by atoms with Crippen LogP contribution in [-0.4, -0.2) is 18.2 Å². The molecule has 0 spiro atoms. The first-order chi connectivity index (χ1) is 9.35. The van der Waals surface area contributed by atoms with Crippen LogP contribution in [0.3, 0.4) is 0 Å². The van der Waals surface area contributed by atoms with E-state index in [-0.39, 0.29) is 6.04 Å². The van der Waals surface area contributed by atoms with Crippen molar-refractivity contribution in [1.82, 2.24) is 0 Å². The SMILES string of the molecule is O=C=Nc1ccccc1CC1CCCCC1N=C=O. The van der Waals surface area contributed by atoms with Crippen molar-refractivity contribution in [3.63, 3.8) is 0 Å². The van der Waals surface area contributed by atoms with Gasteiger partial charge in [-0.15, -0.1) is 0 Å². The second kappa shape index (κ2) is 6.79. The van der Waals surface area contributed by atoms with E-state index >= 15 is 0 Å². The Morgan fingerprint density at radius 2 is 1.89 bits per heavy atom. The highest BCUT2D eigenvalue weighted by molar-refractivity contribution is 5.53. The Morgan fingerprint density at radius 3 is 2.68 bits per heavy atom. The lowest BCUT2D eigenvalue weighted by Gasteiger charge is -2.27. The van der Waals surface area contributed by atoms with E-state index in [1.165, 1.54) is 0 Å². The zero-order chi connectivity index (χ0) is 13.5. The van der Waals surface area contributed by atoms with Gasteiger partial charge in [0.2, 0.25) is 12.2 Å². The Kier molecular flexibility index (Phi) is 4.79. The van der Waals surface area contributed by atoms with Gasteiger partial charge in [-0.2, -0.15) is 4.99 Å². The highest BCUT2D eigenvalue weighted by atomic mass is 16.1. The molecule has 1 aliphatic carbocycles. The third-order valence-electron chi connectivity index (χ3n) is 3.73. The molecule has 98 valence electrons. The summed E-state index contributed by atoms with van der Waals surface area (Å²) in [7, 11) is 0. The number of carbonyl (C=O) groups excluding carboxylic acids is 2. The summed E-state index contributed by atoms with van der Waals surface area (Å²) in [6, 6.07) is 7.61. The summed E-state index contributed by atoms with van der Waals surface area (Å²) >= 11 is 0. The van der Waals surface area contributed by atoms with Crippen LogP contribution in [0.4, 0.5) is 5.69 Å². The molecule has 1 aromatic rings. The smallest absolute Gasteiger partial charge is 0.211 e. The Morgan fingerprint density at radius 1 is 1.11 bits per heavy atom. The molecule has 1 saturated carbocycles. The third kappa shape index (κ3) is 3.47. The summed E-state index contributed by atoms with van der Waals surface area (Å²) < 4.78 is 0. The maximum Gasteiger partial charge on any atom is 0.240 e. The highest BCUT2D eigenvalue weighted by Gasteiger charge is 2.25. The van der Waals surface area contributed by atoms with Gasteiger partial charge in [0, 0.05) is 0 Å². The van der Waals surface area contributed by atoms with E-state index in [1.54, 1.807) is 18.2 Å². The maximum atomic E-state index is 10.5. The topological polar surface area (TPSA) is 58.9 Å². The van der Waals surface area contributed by atoms with E-state index in [9.17, 15) is 9.59 Å². The monoisotopic (exact) mass is 256 g/mol. The second-order valence-electron chi connectivity index (χ2n) is 4.87. The Hall–Kier alpha value is -2.02. The average Bonchev–Trinajstić information content (AvgIpc) is 2.44. The molecular formula is C15H16N2O2. The molecule has 2 rings (SSSR count). The van der Waals surface area contributed by atoms with Crippen molar-refractivity contribution in [1.29, 1.82) is 0 Å². The summed E-state index contributed by atoms with van der Waals surface area (Å²) in [6.45, 7) is 0. The molecule has 0 saturated heterocycles. The lowest BCUT2D eigenvalue weighted by atomic mass is 9.81. The molecular weight excluding hydrogens is 240 g/mol. The molecule has 0 N–H and O–H groups in total. The molecule has 0 radical (unpaired) electrons. The fourth-order valence-electron chi connectivity index (χ4n) is 2.79. The van der Waals surface area contributed by atoms with Crippen LogP contribution in [0.2, 0.25) is 0 Å². The van der Waals surface area contributed by atoms with Crippen LogP contribution in [0.5, 0.6) is 0 Å². The van der Waals surface area contributed by atoms with Crippen molar-refractivity contribution < 1.29 is 9.59 Å². The van der Waals surface area contributed by atoms with Crippen LogP contribution in [0, 0.1) is 5.92 Å². The quantitative estimate of drug-likeness (QED) is 0.614. The molecule has 0 amide bonds. The predicted octanol–water partition coefficient (Wildman–Crippen LogP) is 3.09. The first kappa shape index (κ1) is 13.4. The minimum absolute atomic E-state index is 0.0551. The summed E-state index contributed by atoms with van der Waals surface area (Å²) in [5.74, 6) is 0.332. The first-order valence-corrected chi connectivity index (χ1v) is 6.58. The van der Waals surface area contributed by atoms with Crippen molar-refractivity contribution in [3.8, 4) is 0 Å². The normalized spacial score (nSPS) is 22.1. The number of hydrogen-bond acceptors (Lipinski definition) is 4. The fourth-order valence-corrected chi connectivity index (χ4v) is 2.79. The van der Waals surface area contributed by atoms with Gasteiger partial charge in [0.05, 0.1) is 11.7 Å². The number of rotatable bonds is 4. The highest BCUT2D eigenvalue weighted by Crippen LogP contribution is 2.32. The molecule has 4 nitrogen and oxygen atoms in total. The van der Waals surface area contributed by atoms with Gasteiger partial charge in [0.1, 0.15) is 0 Å². The number of isocyanates is 2. The average molecular weight is 256 g/mol. The van der Waals surface area contributed by atoms with E-state index < -0.39 is 0 Å². The Labute approximate surface area is 112 Å². The summed E-state index contributed by atoms with van der Waals surface area (Å²) in [4.78, 5) is 28.6. The zero-order valence-corrected chi connectivity index (χ0v) is 10.7. The Bertz CT molecular complexity index is 529. The van der Waals surface area contributed by atoms with Crippen molar-refractivity contribution in [2.24, 2.45) is 15.9 Å². The minimum atomic E-state index is 0.0551. The molecule has 0 aliphatic heterocycles. The van der Waals surface area contributed by atoms with Crippen molar-refractivity contribution in [2.45, 2.75) is 38.1 Å². The van der Waals surface area contributed by atoms with Crippen molar-refractivity contribution in [2.75, 3.05) is 0 Å². The number of hydrogen-bond donors (Lipinski definition) is 0. The van der Waals surface area contributed by atoms with Crippen LogP contribution in [0.15, 0.2) is 34.3 Å². The van der Waals surface area contributed by atoms with Gasteiger partial charge >= 0.3 is 0 Å². The Balaban J connectivity index is 2.19. The van der Waals surface area contributed by atoms with Gasteiger partial charge < -0.3 is 0 Å². The third-order valence-corrected chi connectivity index (χ3v) is 3.73. The standard InChI is InChI=1S/C15H16N2O2/c18-10-16-14-7-3-1-5-12(14)9-13-6-2-4-8-15(13)17-11-19/h1,3,5,7,13,15H,2,4,6,8-9H2. The predicted molar refractivity (Wildman–Crippen MR) is 71.8 cm³/mol. The maximum absolute atomic E-state index is 10.5. The molecule has 0 heterocycles. The lowest BCUT2D eigenvalue weighted by molar-refractivity contribution is 0.307. The lowest BCUT2D eigenvalue weighted by Crippen LogP contribution is -2.24. The van der Waals surface area contributed by atoms with E-state index in [2.05, 4.69) is 9.98 Å². The second-order valence-corrected chi connectivity index (χ2v) is 4.87. The molecule has 19 heavy (non-hydrogen) atoms. The molecule has 2 atom stereocenters. The largest absolute Gasteiger partial charge is 0.240 e. The molecule has 4 heteroatoms. The van der Waals surface area contributed by atoms with Crippen LogP contribution >= 0.6 is 0 Å². The number of para-hydroxylation sites is 1. The summed E-state index contributed by atoms with van der Waals surface area (Å²) in [5.41, 5.74) is 1.68. The van der Waals surface area contributed by atoms with Gasteiger partial charge in [-0.05, 0) is 36.8 Å². The van der Waals surface area contributed by atoms with Crippen LogP contribution in [0.25, 0.3) is 0 Å². The molecule has 0 aromatic heterocycles. The molecule has 2 unspecified atom stereocenters. The zero-order valence-electron chi connectivity index (χ0n) is 10.7. The van der Waals surface area contributed by atoms with E-state index in [1.807, 2.05) is 18.2 Å². The van der Waals surface area contributed by atoms with Crippen LogP contribution < -0.4 is 0 Å². The van der Waals surface area contributed by atoms with E-state index in [4.69, 9.17) is 0 Å². The van der Waals surface area contributed by atoms with Gasteiger partial charge in [0.15, 0.2) is 0 Å². The van der Waals surface area contributed by atoms with E-state index in [0.717, 1.165) is 37.7 Å². The summed E-state index contributed by atoms with van der Waals surface area (Å²) in [5, 5.41) is 0. The first-order valence-electron chi connectivity index (χ1n) is 6.58. The number of benzene rings is 1. The van der Waals surface area contributed by atoms with Crippen molar-refractivity contribution >= 4 is 17.8 Å². The molecule has 1 aromatic carbocycles.